The molecule has 3 unspecified atom stereocenters. The van der Waals surface area contributed by atoms with Crippen molar-refractivity contribution >= 4 is 0 Å². The zero-order chi connectivity index (χ0) is 10.8. The third kappa shape index (κ3) is 2.15. The van der Waals surface area contributed by atoms with E-state index in [1.807, 2.05) is 10.9 Å². The molecule has 3 atom stereocenters. The van der Waals surface area contributed by atoms with Crippen molar-refractivity contribution in [2.75, 3.05) is 7.11 Å². The third-order valence-corrected chi connectivity index (χ3v) is 3.28. The predicted molar refractivity (Wildman–Crippen MR) is 56.8 cm³/mol. The minimum atomic E-state index is -0.179. The number of aliphatic hydroxyl groups excluding tert-OH is 1. The minimum Gasteiger partial charge on any atom is -0.493 e. The molecule has 1 aromatic rings. The summed E-state index contributed by atoms with van der Waals surface area (Å²) >= 11 is 0. The van der Waals surface area contributed by atoms with Crippen LogP contribution in [0.1, 0.15) is 32.2 Å². The lowest BCUT2D eigenvalue weighted by Gasteiger charge is -2.31. The van der Waals surface area contributed by atoms with Gasteiger partial charge in [-0.3, -0.25) is 4.68 Å². The van der Waals surface area contributed by atoms with Crippen LogP contribution in [0.15, 0.2) is 12.4 Å². The maximum Gasteiger partial charge on any atom is 0.156 e. The highest BCUT2D eigenvalue weighted by atomic mass is 16.5. The van der Waals surface area contributed by atoms with Gasteiger partial charge in [-0.15, -0.1) is 0 Å². The molecule has 1 aliphatic carbocycles. The van der Waals surface area contributed by atoms with Crippen molar-refractivity contribution in [1.29, 1.82) is 0 Å². The normalized spacial score (nSPS) is 31.5. The molecule has 4 nitrogen and oxygen atoms in total. The van der Waals surface area contributed by atoms with E-state index in [1.165, 1.54) is 0 Å². The van der Waals surface area contributed by atoms with Crippen LogP contribution >= 0.6 is 0 Å². The molecule has 1 aromatic heterocycles. The topological polar surface area (TPSA) is 47.3 Å². The average molecular weight is 210 g/mol. The molecule has 1 N–H and O–H groups in total. The van der Waals surface area contributed by atoms with E-state index < -0.39 is 0 Å². The van der Waals surface area contributed by atoms with Crippen LogP contribution in [-0.2, 0) is 0 Å². The number of aromatic nitrogens is 2. The van der Waals surface area contributed by atoms with Crippen LogP contribution in [0.25, 0.3) is 0 Å². The second-order valence-corrected chi connectivity index (χ2v) is 4.37. The van der Waals surface area contributed by atoms with Crippen LogP contribution < -0.4 is 4.74 Å². The van der Waals surface area contributed by atoms with E-state index >= 15 is 0 Å². The summed E-state index contributed by atoms with van der Waals surface area (Å²) in [5.74, 6) is 1.35. The lowest BCUT2D eigenvalue weighted by Crippen LogP contribution is -2.28. The summed E-state index contributed by atoms with van der Waals surface area (Å²) in [6.07, 6.45) is 6.21. The highest BCUT2D eigenvalue weighted by Crippen LogP contribution is 2.33. The Bertz CT molecular complexity index is 324. The van der Waals surface area contributed by atoms with Crippen LogP contribution in [0.2, 0.25) is 0 Å². The summed E-state index contributed by atoms with van der Waals surface area (Å²) in [6.45, 7) is 2.21. The third-order valence-electron chi connectivity index (χ3n) is 3.28. The molecular formula is C11H18N2O2. The summed E-state index contributed by atoms with van der Waals surface area (Å²) in [7, 11) is 1.64. The van der Waals surface area contributed by atoms with Crippen molar-refractivity contribution in [3.8, 4) is 5.75 Å². The number of ether oxygens (including phenoxy) is 1. The maximum atomic E-state index is 9.65. The Morgan fingerprint density at radius 2 is 2.33 bits per heavy atom. The van der Waals surface area contributed by atoms with Gasteiger partial charge in [-0.25, -0.2) is 0 Å². The van der Waals surface area contributed by atoms with Gasteiger partial charge in [0.25, 0.3) is 0 Å². The summed E-state index contributed by atoms with van der Waals surface area (Å²) in [4.78, 5) is 0. The van der Waals surface area contributed by atoms with Gasteiger partial charge >= 0.3 is 0 Å². The molecule has 0 radical (unpaired) electrons. The van der Waals surface area contributed by atoms with E-state index in [2.05, 4.69) is 12.0 Å². The highest BCUT2D eigenvalue weighted by molar-refractivity contribution is 5.12. The Morgan fingerprint density at radius 1 is 1.53 bits per heavy atom. The number of methoxy groups -OCH3 is 1. The van der Waals surface area contributed by atoms with Crippen LogP contribution in [0.4, 0.5) is 0 Å². The standard InChI is InChI=1S/C11H18N2O2/c1-8-3-4-9(14)5-11(8)13-7-10(15-2)6-12-13/h6-9,11,14H,3-5H2,1-2H3. The molecule has 0 spiro atoms. The number of rotatable bonds is 2. The van der Waals surface area contributed by atoms with Gasteiger partial charge in [0, 0.05) is 0 Å². The molecule has 15 heavy (non-hydrogen) atoms. The summed E-state index contributed by atoms with van der Waals surface area (Å²) in [5.41, 5.74) is 0. The quantitative estimate of drug-likeness (QED) is 0.806. The minimum absolute atomic E-state index is 0.179. The summed E-state index contributed by atoms with van der Waals surface area (Å²) < 4.78 is 7.02. The molecule has 4 heteroatoms. The van der Waals surface area contributed by atoms with Crippen molar-refractivity contribution in [3.05, 3.63) is 12.4 Å². The fourth-order valence-electron chi connectivity index (χ4n) is 2.25. The van der Waals surface area contributed by atoms with Gasteiger partial charge in [-0.05, 0) is 25.2 Å². The Kier molecular flexibility index (Phi) is 2.95. The average Bonchev–Trinajstić information content (AvgIpc) is 2.70. The highest BCUT2D eigenvalue weighted by Gasteiger charge is 2.28. The molecule has 0 amide bonds. The van der Waals surface area contributed by atoms with E-state index in [0.717, 1.165) is 25.0 Å². The van der Waals surface area contributed by atoms with Gasteiger partial charge < -0.3 is 9.84 Å². The van der Waals surface area contributed by atoms with Crippen LogP contribution in [0.5, 0.6) is 5.75 Å². The van der Waals surface area contributed by atoms with Gasteiger partial charge in [-0.1, -0.05) is 6.92 Å². The molecule has 0 aliphatic heterocycles. The Labute approximate surface area is 89.9 Å². The van der Waals surface area contributed by atoms with E-state index in [9.17, 15) is 5.11 Å². The van der Waals surface area contributed by atoms with Crippen molar-refractivity contribution in [2.24, 2.45) is 5.92 Å². The lowest BCUT2D eigenvalue weighted by atomic mass is 9.84. The monoisotopic (exact) mass is 210 g/mol. The second-order valence-electron chi connectivity index (χ2n) is 4.37. The zero-order valence-corrected chi connectivity index (χ0v) is 9.26. The first-order chi connectivity index (χ1) is 7.20. The fourth-order valence-corrected chi connectivity index (χ4v) is 2.25. The zero-order valence-electron chi connectivity index (χ0n) is 9.26. The van der Waals surface area contributed by atoms with Crippen molar-refractivity contribution in [1.82, 2.24) is 9.78 Å². The van der Waals surface area contributed by atoms with E-state index in [1.54, 1.807) is 13.3 Å². The molecular weight excluding hydrogens is 192 g/mol. The van der Waals surface area contributed by atoms with Crippen molar-refractivity contribution < 1.29 is 9.84 Å². The fraction of sp³-hybridized carbons (Fsp3) is 0.727. The predicted octanol–water partition coefficient (Wildman–Crippen LogP) is 1.61. The van der Waals surface area contributed by atoms with Gasteiger partial charge in [0.05, 0.1) is 31.6 Å². The first-order valence-corrected chi connectivity index (χ1v) is 5.47. The Hall–Kier alpha value is -1.03. The van der Waals surface area contributed by atoms with Crippen LogP contribution in [0.3, 0.4) is 0 Å². The second kappa shape index (κ2) is 4.23. The Morgan fingerprint density at radius 3 is 3.00 bits per heavy atom. The van der Waals surface area contributed by atoms with E-state index in [-0.39, 0.29) is 6.10 Å². The smallest absolute Gasteiger partial charge is 0.156 e. The number of aliphatic hydroxyl groups is 1. The molecule has 0 bridgehead atoms. The van der Waals surface area contributed by atoms with E-state index in [4.69, 9.17) is 4.74 Å². The molecule has 0 aromatic carbocycles. The SMILES string of the molecule is COc1cnn(C2CC(O)CCC2C)c1. The number of hydrogen-bond donors (Lipinski definition) is 1. The number of hydrogen-bond acceptors (Lipinski definition) is 3. The molecule has 1 fully saturated rings. The van der Waals surface area contributed by atoms with Gasteiger partial charge in [-0.2, -0.15) is 5.10 Å². The van der Waals surface area contributed by atoms with Gasteiger partial charge in [0.15, 0.2) is 5.75 Å². The van der Waals surface area contributed by atoms with E-state index in [0.29, 0.717) is 12.0 Å². The molecule has 1 aliphatic rings. The molecule has 1 saturated carbocycles. The first kappa shape index (κ1) is 10.5. The summed E-state index contributed by atoms with van der Waals surface area (Å²) in [5, 5.41) is 13.9. The summed E-state index contributed by atoms with van der Waals surface area (Å²) in [6, 6.07) is 0.303. The molecule has 1 heterocycles. The van der Waals surface area contributed by atoms with Crippen LogP contribution in [0, 0.1) is 5.92 Å². The molecule has 84 valence electrons. The number of nitrogens with zero attached hydrogens (tertiary/aromatic N) is 2. The van der Waals surface area contributed by atoms with Crippen molar-refractivity contribution in [3.63, 3.8) is 0 Å². The first-order valence-electron chi connectivity index (χ1n) is 5.47. The van der Waals surface area contributed by atoms with Gasteiger partial charge in [0.1, 0.15) is 0 Å². The van der Waals surface area contributed by atoms with Gasteiger partial charge in [0.2, 0.25) is 0 Å². The van der Waals surface area contributed by atoms with Crippen LogP contribution in [-0.4, -0.2) is 28.1 Å². The molecule has 0 saturated heterocycles. The largest absolute Gasteiger partial charge is 0.493 e. The lowest BCUT2D eigenvalue weighted by molar-refractivity contribution is 0.0735. The maximum absolute atomic E-state index is 9.65. The molecule has 2 rings (SSSR count). The Balaban J connectivity index is 2.13. The van der Waals surface area contributed by atoms with Crippen molar-refractivity contribution in [2.45, 2.75) is 38.3 Å².